The predicted octanol–water partition coefficient (Wildman–Crippen LogP) is 1.38. The van der Waals surface area contributed by atoms with E-state index in [1.54, 1.807) is 0 Å². The summed E-state index contributed by atoms with van der Waals surface area (Å²) in [5, 5.41) is 12.3. The summed E-state index contributed by atoms with van der Waals surface area (Å²) < 4.78 is 2.36. The quantitative estimate of drug-likeness (QED) is 0.803. The summed E-state index contributed by atoms with van der Waals surface area (Å²) in [6.07, 6.45) is 4.98. The van der Waals surface area contributed by atoms with Crippen molar-refractivity contribution in [3.8, 4) is 0 Å². The molecule has 4 nitrogen and oxygen atoms in total. The van der Waals surface area contributed by atoms with Crippen molar-refractivity contribution in [2.45, 2.75) is 38.3 Å². The lowest BCUT2D eigenvalue weighted by molar-refractivity contribution is 0.513. The fourth-order valence-electron chi connectivity index (χ4n) is 2.50. The third-order valence-corrected chi connectivity index (χ3v) is 4.43. The maximum absolute atomic E-state index is 4.40. The van der Waals surface area contributed by atoms with Gasteiger partial charge in [-0.15, -0.1) is 10.2 Å². The van der Waals surface area contributed by atoms with Gasteiger partial charge in [0.25, 0.3) is 0 Å². The van der Waals surface area contributed by atoms with E-state index in [4.69, 9.17) is 0 Å². The largest absolute Gasteiger partial charge is 0.314 e. The minimum atomic E-state index is 0.415. The van der Waals surface area contributed by atoms with Gasteiger partial charge in [-0.1, -0.05) is 6.42 Å². The van der Waals surface area contributed by atoms with Crippen molar-refractivity contribution in [1.82, 2.24) is 20.1 Å². The summed E-state index contributed by atoms with van der Waals surface area (Å²) in [5.74, 6) is 4.73. The van der Waals surface area contributed by atoms with Gasteiger partial charge in [0.05, 0.1) is 6.04 Å². The molecule has 5 heteroatoms. The van der Waals surface area contributed by atoms with Gasteiger partial charge in [-0.25, -0.2) is 0 Å². The predicted molar refractivity (Wildman–Crippen MR) is 65.6 cm³/mol. The Morgan fingerprint density at radius 2 is 2.25 bits per heavy atom. The van der Waals surface area contributed by atoms with Crippen molar-refractivity contribution < 1.29 is 0 Å². The summed E-state index contributed by atoms with van der Waals surface area (Å²) in [5.41, 5.74) is 0. The summed E-state index contributed by atoms with van der Waals surface area (Å²) in [6, 6.07) is 0.415. The van der Waals surface area contributed by atoms with Crippen LogP contribution in [0, 0.1) is 0 Å². The van der Waals surface area contributed by atoms with Crippen molar-refractivity contribution in [3.05, 3.63) is 11.6 Å². The zero-order valence-corrected chi connectivity index (χ0v) is 10.3. The molecule has 1 N–H and O–H groups in total. The van der Waals surface area contributed by atoms with Gasteiger partial charge in [0.2, 0.25) is 0 Å². The third-order valence-electron chi connectivity index (χ3n) is 3.37. The Morgan fingerprint density at radius 1 is 1.25 bits per heavy atom. The van der Waals surface area contributed by atoms with E-state index in [1.807, 2.05) is 11.8 Å². The molecule has 0 spiro atoms. The van der Waals surface area contributed by atoms with Crippen molar-refractivity contribution in [3.63, 3.8) is 0 Å². The van der Waals surface area contributed by atoms with Crippen molar-refractivity contribution in [1.29, 1.82) is 0 Å². The summed E-state index contributed by atoms with van der Waals surface area (Å²) in [7, 11) is 0. The average Bonchev–Trinajstić information content (AvgIpc) is 2.60. The standard InChI is InChI=1S/C11H18N4S/c1-2-4-10-13-14-11(15(10)6-3-1)9-8-16-7-5-12-9/h9,12H,1-8H2. The van der Waals surface area contributed by atoms with E-state index >= 15 is 0 Å². The maximum Gasteiger partial charge on any atom is 0.151 e. The minimum Gasteiger partial charge on any atom is -0.314 e. The van der Waals surface area contributed by atoms with Gasteiger partial charge < -0.3 is 9.88 Å². The van der Waals surface area contributed by atoms with Gasteiger partial charge in [-0.2, -0.15) is 11.8 Å². The first-order chi connectivity index (χ1) is 7.95. The van der Waals surface area contributed by atoms with E-state index in [9.17, 15) is 0 Å². The normalized spacial score (nSPS) is 26.1. The molecule has 3 rings (SSSR count). The number of rotatable bonds is 1. The van der Waals surface area contributed by atoms with Crippen LogP contribution in [-0.2, 0) is 13.0 Å². The number of hydrogen-bond acceptors (Lipinski definition) is 4. The molecule has 3 heterocycles. The second kappa shape index (κ2) is 4.75. The summed E-state index contributed by atoms with van der Waals surface area (Å²) >= 11 is 2.01. The summed E-state index contributed by atoms with van der Waals surface area (Å²) in [6.45, 7) is 2.21. The van der Waals surface area contributed by atoms with Crippen LogP contribution in [0.4, 0.5) is 0 Å². The number of aryl methyl sites for hydroxylation is 1. The smallest absolute Gasteiger partial charge is 0.151 e. The van der Waals surface area contributed by atoms with E-state index in [0.717, 1.165) is 25.3 Å². The van der Waals surface area contributed by atoms with E-state index < -0.39 is 0 Å². The molecule has 0 saturated carbocycles. The van der Waals surface area contributed by atoms with Gasteiger partial charge in [0, 0.05) is 31.0 Å². The molecule has 1 aromatic heterocycles. The lowest BCUT2D eigenvalue weighted by Gasteiger charge is -2.23. The Balaban J connectivity index is 1.86. The third kappa shape index (κ3) is 1.98. The van der Waals surface area contributed by atoms with Crippen LogP contribution in [0.1, 0.15) is 37.0 Å². The van der Waals surface area contributed by atoms with E-state index in [2.05, 4.69) is 20.1 Å². The molecular weight excluding hydrogens is 220 g/mol. The van der Waals surface area contributed by atoms with Crippen LogP contribution in [0.25, 0.3) is 0 Å². The van der Waals surface area contributed by atoms with E-state index in [1.165, 1.54) is 36.7 Å². The number of aromatic nitrogens is 3. The van der Waals surface area contributed by atoms with Crippen molar-refractivity contribution >= 4 is 11.8 Å². The molecule has 16 heavy (non-hydrogen) atoms. The first-order valence-corrected chi connectivity index (χ1v) is 7.34. The molecule has 0 radical (unpaired) electrons. The van der Waals surface area contributed by atoms with Crippen LogP contribution >= 0.6 is 11.8 Å². The molecule has 88 valence electrons. The highest BCUT2D eigenvalue weighted by Crippen LogP contribution is 2.23. The van der Waals surface area contributed by atoms with Crippen molar-refractivity contribution in [2.24, 2.45) is 0 Å². The summed E-state index contributed by atoms with van der Waals surface area (Å²) in [4.78, 5) is 0. The molecule has 1 unspecified atom stereocenters. The molecule has 1 aromatic rings. The van der Waals surface area contributed by atoms with Crippen LogP contribution in [0.3, 0.4) is 0 Å². The average molecular weight is 238 g/mol. The first-order valence-electron chi connectivity index (χ1n) is 6.18. The number of thioether (sulfide) groups is 1. The zero-order chi connectivity index (χ0) is 10.8. The van der Waals surface area contributed by atoms with E-state index in [0.29, 0.717) is 6.04 Å². The van der Waals surface area contributed by atoms with Crippen molar-refractivity contribution in [2.75, 3.05) is 18.1 Å². The highest BCUT2D eigenvalue weighted by molar-refractivity contribution is 7.99. The molecule has 0 aromatic carbocycles. The highest BCUT2D eigenvalue weighted by Gasteiger charge is 2.23. The molecule has 1 saturated heterocycles. The maximum atomic E-state index is 4.40. The molecule has 1 atom stereocenters. The van der Waals surface area contributed by atoms with Crippen LogP contribution in [0.2, 0.25) is 0 Å². The first kappa shape index (κ1) is 10.6. The Kier molecular flexibility index (Phi) is 3.15. The Hall–Kier alpha value is -0.550. The molecule has 2 aliphatic rings. The molecule has 1 fully saturated rings. The fourth-order valence-corrected chi connectivity index (χ4v) is 3.43. The minimum absolute atomic E-state index is 0.415. The number of nitrogens with one attached hydrogen (secondary N) is 1. The zero-order valence-electron chi connectivity index (χ0n) is 9.48. The fraction of sp³-hybridized carbons (Fsp3) is 0.818. The van der Waals surface area contributed by atoms with Crippen LogP contribution < -0.4 is 5.32 Å². The second-order valence-electron chi connectivity index (χ2n) is 4.52. The number of fused-ring (bicyclic) bond motifs is 1. The lowest BCUT2D eigenvalue weighted by atomic mass is 10.2. The van der Waals surface area contributed by atoms with Crippen LogP contribution in [0.5, 0.6) is 0 Å². The Morgan fingerprint density at radius 3 is 3.12 bits per heavy atom. The molecule has 0 bridgehead atoms. The second-order valence-corrected chi connectivity index (χ2v) is 5.67. The van der Waals surface area contributed by atoms with Gasteiger partial charge in [0.1, 0.15) is 5.82 Å². The molecule has 0 amide bonds. The number of nitrogens with zero attached hydrogens (tertiary/aromatic N) is 3. The lowest BCUT2D eigenvalue weighted by Crippen LogP contribution is -2.32. The van der Waals surface area contributed by atoms with Gasteiger partial charge in [-0.05, 0) is 12.8 Å². The Bertz CT molecular complexity index is 357. The number of hydrogen-bond donors (Lipinski definition) is 1. The monoisotopic (exact) mass is 238 g/mol. The molecular formula is C11H18N4S. The van der Waals surface area contributed by atoms with Crippen LogP contribution in [0.15, 0.2) is 0 Å². The molecule has 0 aliphatic carbocycles. The highest BCUT2D eigenvalue weighted by atomic mass is 32.2. The van der Waals surface area contributed by atoms with Gasteiger partial charge in [-0.3, -0.25) is 0 Å². The van der Waals surface area contributed by atoms with Crippen LogP contribution in [-0.4, -0.2) is 32.8 Å². The molecule has 2 aliphatic heterocycles. The van der Waals surface area contributed by atoms with E-state index in [-0.39, 0.29) is 0 Å². The SMILES string of the molecule is C1CCc2nnc(C3CSCCN3)n2CC1. The Labute approximate surface area is 100 Å². The van der Waals surface area contributed by atoms with Gasteiger partial charge in [0.15, 0.2) is 5.82 Å². The topological polar surface area (TPSA) is 42.7 Å². The van der Waals surface area contributed by atoms with Gasteiger partial charge >= 0.3 is 0 Å².